The molecule has 4 heteroatoms. The van der Waals surface area contributed by atoms with Gasteiger partial charge in [0.15, 0.2) is 0 Å². The maximum Gasteiger partial charge on any atom is 0.138 e. The zero-order valence-corrected chi connectivity index (χ0v) is 8.86. The summed E-state index contributed by atoms with van der Waals surface area (Å²) in [6.07, 6.45) is 1.49. The Morgan fingerprint density at radius 2 is 2.15 bits per heavy atom. The van der Waals surface area contributed by atoms with Crippen LogP contribution in [0.3, 0.4) is 0 Å². The number of hydrogen-bond acceptors (Lipinski definition) is 2. The van der Waals surface area contributed by atoms with Gasteiger partial charge in [0.1, 0.15) is 5.78 Å². The van der Waals surface area contributed by atoms with Gasteiger partial charge in [-0.2, -0.15) is 0 Å². The molecule has 0 radical (unpaired) electrons. The van der Waals surface area contributed by atoms with E-state index in [4.69, 9.17) is 23.2 Å². The lowest BCUT2D eigenvalue weighted by Gasteiger charge is -2.08. The van der Waals surface area contributed by atoms with Gasteiger partial charge in [-0.05, 0) is 19.9 Å². The first kappa shape index (κ1) is 10.5. The average Bonchev–Trinajstić information content (AvgIpc) is 2.03. The Morgan fingerprint density at radius 1 is 1.54 bits per heavy atom. The second kappa shape index (κ2) is 4.07. The molecule has 13 heavy (non-hydrogen) atoms. The lowest BCUT2D eigenvalue weighted by Crippen LogP contribution is -2.06. The molecule has 1 aromatic rings. The van der Waals surface area contributed by atoms with E-state index in [2.05, 4.69) is 4.98 Å². The molecule has 0 saturated carbocycles. The smallest absolute Gasteiger partial charge is 0.138 e. The molecule has 0 saturated heterocycles. The van der Waals surface area contributed by atoms with E-state index in [1.807, 2.05) is 0 Å². The average molecular weight is 218 g/mol. The van der Waals surface area contributed by atoms with Gasteiger partial charge in [-0.1, -0.05) is 23.2 Å². The molecule has 0 aliphatic heterocycles. The molecule has 0 aliphatic carbocycles. The number of Topliss-reactive ketones (excluding diaryl/α,β-unsaturated/α-hetero) is 1. The predicted octanol–water partition coefficient (Wildman–Crippen LogP) is 3.08. The minimum Gasteiger partial charge on any atom is -0.299 e. The van der Waals surface area contributed by atoms with Crippen LogP contribution in [0.25, 0.3) is 0 Å². The van der Waals surface area contributed by atoms with E-state index in [0.717, 1.165) is 0 Å². The summed E-state index contributed by atoms with van der Waals surface area (Å²) in [6, 6.07) is 1.59. The Bertz CT molecular complexity index is 338. The largest absolute Gasteiger partial charge is 0.299 e. The van der Waals surface area contributed by atoms with Crippen LogP contribution in [0.2, 0.25) is 10.0 Å². The Balaban J connectivity index is 3.08. The van der Waals surface area contributed by atoms with Crippen molar-refractivity contribution in [1.82, 2.24) is 4.98 Å². The lowest BCUT2D eigenvalue weighted by atomic mass is 10.0. The number of hydrogen-bond donors (Lipinski definition) is 0. The third-order valence-corrected chi connectivity index (χ3v) is 2.37. The van der Waals surface area contributed by atoms with Crippen molar-refractivity contribution in [3.63, 3.8) is 0 Å². The predicted molar refractivity (Wildman–Crippen MR) is 53.4 cm³/mol. The molecule has 1 atom stereocenters. The molecule has 1 heterocycles. The quantitative estimate of drug-likeness (QED) is 0.763. The van der Waals surface area contributed by atoms with Gasteiger partial charge < -0.3 is 0 Å². The minimum atomic E-state index is -0.273. The second-order valence-electron chi connectivity index (χ2n) is 2.85. The normalized spacial score (nSPS) is 12.6. The lowest BCUT2D eigenvalue weighted by molar-refractivity contribution is -0.118. The summed E-state index contributed by atoms with van der Waals surface area (Å²) in [7, 11) is 0. The van der Waals surface area contributed by atoms with Crippen LogP contribution in [0, 0.1) is 0 Å². The van der Waals surface area contributed by atoms with Crippen LogP contribution >= 0.6 is 23.2 Å². The second-order valence-corrected chi connectivity index (χ2v) is 3.70. The fraction of sp³-hybridized carbons (Fsp3) is 0.333. The SMILES string of the molecule is CC(=O)C(C)c1ncc(Cl)cc1Cl. The van der Waals surface area contributed by atoms with Crippen molar-refractivity contribution < 1.29 is 4.79 Å². The highest BCUT2D eigenvalue weighted by Crippen LogP contribution is 2.25. The van der Waals surface area contributed by atoms with E-state index in [1.54, 1.807) is 13.0 Å². The van der Waals surface area contributed by atoms with Crippen molar-refractivity contribution in [2.45, 2.75) is 19.8 Å². The number of ketones is 1. The first-order valence-corrected chi connectivity index (χ1v) is 4.59. The molecule has 0 spiro atoms. The fourth-order valence-electron chi connectivity index (χ4n) is 0.936. The molecule has 0 aromatic carbocycles. The molecule has 1 rings (SSSR count). The summed E-state index contributed by atoms with van der Waals surface area (Å²) in [4.78, 5) is 15.1. The minimum absolute atomic E-state index is 0.0386. The van der Waals surface area contributed by atoms with Gasteiger partial charge >= 0.3 is 0 Å². The highest BCUT2D eigenvalue weighted by Gasteiger charge is 2.15. The molecule has 1 aromatic heterocycles. The van der Waals surface area contributed by atoms with Crippen LogP contribution in [0.5, 0.6) is 0 Å². The van der Waals surface area contributed by atoms with Gasteiger partial charge in [0.25, 0.3) is 0 Å². The number of rotatable bonds is 2. The number of carbonyl (C=O) groups is 1. The number of aromatic nitrogens is 1. The third kappa shape index (κ3) is 2.42. The Kier molecular flexibility index (Phi) is 3.28. The van der Waals surface area contributed by atoms with E-state index in [0.29, 0.717) is 15.7 Å². The van der Waals surface area contributed by atoms with Crippen LogP contribution in [-0.2, 0) is 4.79 Å². The van der Waals surface area contributed by atoms with Crippen molar-refractivity contribution in [3.8, 4) is 0 Å². The molecule has 1 unspecified atom stereocenters. The van der Waals surface area contributed by atoms with Crippen LogP contribution in [0.1, 0.15) is 25.5 Å². The number of nitrogens with zero attached hydrogens (tertiary/aromatic N) is 1. The van der Waals surface area contributed by atoms with E-state index in [1.165, 1.54) is 13.1 Å². The molecule has 0 N–H and O–H groups in total. The molecule has 0 amide bonds. The van der Waals surface area contributed by atoms with Gasteiger partial charge in [0.05, 0.1) is 21.7 Å². The van der Waals surface area contributed by atoms with Gasteiger partial charge in [-0.3, -0.25) is 9.78 Å². The van der Waals surface area contributed by atoms with Gasteiger partial charge in [0.2, 0.25) is 0 Å². The summed E-state index contributed by atoms with van der Waals surface area (Å²) >= 11 is 11.5. The summed E-state index contributed by atoms with van der Waals surface area (Å²) in [5.41, 5.74) is 0.582. The third-order valence-electron chi connectivity index (χ3n) is 1.86. The van der Waals surface area contributed by atoms with Gasteiger partial charge in [-0.25, -0.2) is 0 Å². The number of pyridine rings is 1. The molecule has 0 aliphatic rings. The number of halogens is 2. The Morgan fingerprint density at radius 3 is 2.62 bits per heavy atom. The molecule has 0 bridgehead atoms. The molecule has 2 nitrogen and oxygen atoms in total. The monoisotopic (exact) mass is 217 g/mol. The summed E-state index contributed by atoms with van der Waals surface area (Å²) < 4.78 is 0. The first-order valence-electron chi connectivity index (χ1n) is 3.83. The highest BCUT2D eigenvalue weighted by molar-refractivity contribution is 6.34. The summed E-state index contributed by atoms with van der Waals surface area (Å²) in [6.45, 7) is 3.28. The maximum atomic E-state index is 11.0. The van der Waals surface area contributed by atoms with E-state index in [-0.39, 0.29) is 11.7 Å². The van der Waals surface area contributed by atoms with Crippen molar-refractivity contribution >= 4 is 29.0 Å². The summed E-state index contributed by atoms with van der Waals surface area (Å²) in [5, 5.41) is 0.916. The van der Waals surface area contributed by atoms with E-state index >= 15 is 0 Å². The zero-order valence-electron chi connectivity index (χ0n) is 7.34. The fourth-order valence-corrected chi connectivity index (χ4v) is 1.48. The van der Waals surface area contributed by atoms with Crippen LogP contribution in [0.4, 0.5) is 0 Å². The highest BCUT2D eigenvalue weighted by atomic mass is 35.5. The van der Waals surface area contributed by atoms with Crippen molar-refractivity contribution in [2.24, 2.45) is 0 Å². The van der Waals surface area contributed by atoms with Gasteiger partial charge in [0, 0.05) is 6.20 Å². The molecule has 0 fully saturated rings. The van der Waals surface area contributed by atoms with Crippen LogP contribution in [-0.4, -0.2) is 10.8 Å². The van der Waals surface area contributed by atoms with Crippen LogP contribution < -0.4 is 0 Å². The number of carbonyl (C=O) groups excluding carboxylic acids is 1. The zero-order chi connectivity index (χ0) is 10.0. The topological polar surface area (TPSA) is 30.0 Å². The van der Waals surface area contributed by atoms with E-state index in [9.17, 15) is 4.79 Å². The van der Waals surface area contributed by atoms with Crippen LogP contribution in [0.15, 0.2) is 12.3 Å². The van der Waals surface area contributed by atoms with Crippen molar-refractivity contribution in [2.75, 3.05) is 0 Å². The first-order chi connectivity index (χ1) is 6.02. The van der Waals surface area contributed by atoms with E-state index < -0.39 is 0 Å². The Hall–Kier alpha value is -0.600. The molecular weight excluding hydrogens is 209 g/mol. The molecule has 70 valence electrons. The van der Waals surface area contributed by atoms with Crippen molar-refractivity contribution in [1.29, 1.82) is 0 Å². The van der Waals surface area contributed by atoms with Crippen molar-refractivity contribution in [3.05, 3.63) is 28.0 Å². The molecular formula is C9H9Cl2NO. The summed E-state index contributed by atoms with van der Waals surface area (Å²) in [5.74, 6) is -0.235. The Labute approximate surface area is 86.9 Å². The van der Waals surface area contributed by atoms with Gasteiger partial charge in [-0.15, -0.1) is 0 Å². The maximum absolute atomic E-state index is 11.0. The standard InChI is InChI=1S/C9H9Cl2NO/c1-5(6(2)13)9-8(11)3-7(10)4-12-9/h3-5H,1-2H3.